The molecule has 22 heavy (non-hydrogen) atoms. The van der Waals surface area contributed by atoms with Gasteiger partial charge in [0.2, 0.25) is 0 Å². The van der Waals surface area contributed by atoms with E-state index in [1.165, 1.54) is 6.92 Å². The summed E-state index contributed by atoms with van der Waals surface area (Å²) in [5.74, 6) is -1.44. The number of ether oxygens (including phenoxy) is 6. The minimum absolute atomic E-state index is 0.0628. The van der Waals surface area contributed by atoms with Crippen LogP contribution in [-0.4, -0.2) is 73.0 Å². The molecule has 130 valence electrons. The molecule has 0 aliphatic rings. The molecule has 0 unspecified atom stereocenters. The summed E-state index contributed by atoms with van der Waals surface area (Å²) < 4.78 is 29.6. The molecule has 8 nitrogen and oxygen atoms in total. The van der Waals surface area contributed by atoms with Crippen LogP contribution in [0, 0.1) is 0 Å². The summed E-state index contributed by atoms with van der Waals surface area (Å²) in [7, 11) is 3.13. The Morgan fingerprint density at radius 2 is 1.23 bits per heavy atom. The smallest absolute Gasteiger partial charge is 0.335 e. The van der Waals surface area contributed by atoms with Crippen LogP contribution in [0.5, 0.6) is 0 Å². The maximum atomic E-state index is 11.6. The highest BCUT2D eigenvalue weighted by molar-refractivity contribution is 5.87. The second-order valence-corrected chi connectivity index (χ2v) is 4.11. The first-order valence-electron chi connectivity index (χ1n) is 6.94. The fraction of sp³-hybridized carbons (Fsp3) is 0.786. The van der Waals surface area contributed by atoms with E-state index in [1.807, 2.05) is 0 Å². The van der Waals surface area contributed by atoms with Gasteiger partial charge in [0.1, 0.15) is 6.61 Å². The van der Waals surface area contributed by atoms with Gasteiger partial charge in [-0.3, -0.25) is 0 Å². The summed E-state index contributed by atoms with van der Waals surface area (Å²) >= 11 is 0. The first-order valence-corrected chi connectivity index (χ1v) is 6.94. The van der Waals surface area contributed by atoms with Crippen molar-refractivity contribution >= 4 is 5.97 Å². The molecule has 8 heteroatoms. The van der Waals surface area contributed by atoms with Crippen molar-refractivity contribution in [2.75, 3.05) is 67.1 Å². The Morgan fingerprint density at radius 3 is 1.73 bits per heavy atom. The zero-order chi connectivity index (χ0) is 16.6. The average molecular weight is 321 g/mol. The van der Waals surface area contributed by atoms with Gasteiger partial charge >= 0.3 is 5.97 Å². The third-order valence-corrected chi connectivity index (χ3v) is 2.40. The van der Waals surface area contributed by atoms with Crippen LogP contribution >= 0.6 is 0 Å². The van der Waals surface area contributed by atoms with Gasteiger partial charge in [-0.2, -0.15) is 0 Å². The van der Waals surface area contributed by atoms with E-state index in [0.29, 0.717) is 26.4 Å². The summed E-state index contributed by atoms with van der Waals surface area (Å²) in [4.78, 5) is 11.6. The van der Waals surface area contributed by atoms with Gasteiger partial charge in [-0.1, -0.05) is 0 Å². The van der Waals surface area contributed by atoms with E-state index in [0.717, 1.165) is 0 Å². The van der Waals surface area contributed by atoms with Crippen molar-refractivity contribution in [3.05, 3.63) is 11.5 Å². The van der Waals surface area contributed by atoms with Gasteiger partial charge in [-0.25, -0.2) is 4.79 Å². The average Bonchev–Trinajstić information content (AvgIpc) is 2.52. The third-order valence-electron chi connectivity index (χ3n) is 2.40. The molecule has 0 aliphatic carbocycles. The standard InChI is InChI=1S/C14H26O8/c1-12(13(15)21-10-8-19-6-4-17-2)14(16)22-11-9-20-7-5-18-3/h15H,4-11H2,1-3H3/p-1/b13-12+. The summed E-state index contributed by atoms with van der Waals surface area (Å²) in [6.07, 6.45) is 0. The molecular weight excluding hydrogens is 296 g/mol. The second kappa shape index (κ2) is 14.6. The summed E-state index contributed by atoms with van der Waals surface area (Å²) in [5.41, 5.74) is -0.117. The number of esters is 1. The van der Waals surface area contributed by atoms with Crippen molar-refractivity contribution in [2.45, 2.75) is 6.92 Å². The Morgan fingerprint density at radius 1 is 0.773 bits per heavy atom. The summed E-state index contributed by atoms with van der Waals surface area (Å²) in [5, 5.41) is 11.6. The topological polar surface area (TPSA) is 95.5 Å². The number of carbonyl (C=O) groups excluding carboxylic acids is 1. The van der Waals surface area contributed by atoms with Crippen molar-refractivity contribution in [1.82, 2.24) is 0 Å². The largest absolute Gasteiger partial charge is 0.611 e. The molecule has 0 saturated carbocycles. The van der Waals surface area contributed by atoms with Gasteiger partial charge in [0.05, 0.1) is 51.2 Å². The highest BCUT2D eigenvalue weighted by Crippen LogP contribution is 2.02. The lowest BCUT2D eigenvalue weighted by Crippen LogP contribution is -2.20. The molecule has 0 spiro atoms. The molecule has 0 N–H and O–H groups in total. The van der Waals surface area contributed by atoms with Crippen molar-refractivity contribution in [2.24, 2.45) is 0 Å². The Labute approximate surface area is 130 Å². The molecule has 0 bridgehead atoms. The monoisotopic (exact) mass is 321 g/mol. The van der Waals surface area contributed by atoms with Crippen LogP contribution in [0.1, 0.15) is 6.92 Å². The van der Waals surface area contributed by atoms with Crippen LogP contribution in [0.3, 0.4) is 0 Å². The number of hydrogen-bond donors (Lipinski definition) is 0. The maximum absolute atomic E-state index is 11.6. The molecule has 0 aromatic carbocycles. The van der Waals surface area contributed by atoms with E-state index in [2.05, 4.69) is 0 Å². The predicted molar refractivity (Wildman–Crippen MR) is 75.0 cm³/mol. The SMILES string of the molecule is COCCOCCOC(=O)/C(C)=C(\[O-])OCCOCCOC. The summed E-state index contributed by atoms with van der Waals surface area (Å²) in [6, 6.07) is 0. The molecular formula is C14H25O8-. The lowest BCUT2D eigenvalue weighted by atomic mass is 10.3. The van der Waals surface area contributed by atoms with Gasteiger partial charge in [0, 0.05) is 20.8 Å². The molecule has 0 fully saturated rings. The molecule has 0 aliphatic heterocycles. The summed E-state index contributed by atoms with van der Waals surface area (Å²) in [6.45, 7) is 3.73. The fourth-order valence-corrected chi connectivity index (χ4v) is 1.18. The van der Waals surface area contributed by atoms with Crippen LogP contribution in [0.15, 0.2) is 11.5 Å². The van der Waals surface area contributed by atoms with Crippen LogP contribution in [-0.2, 0) is 33.2 Å². The number of methoxy groups -OCH3 is 2. The first kappa shape index (κ1) is 20.6. The maximum Gasteiger partial charge on any atom is 0.335 e. The van der Waals surface area contributed by atoms with Crippen molar-refractivity contribution in [3.8, 4) is 0 Å². The highest BCUT2D eigenvalue weighted by Gasteiger charge is 2.07. The van der Waals surface area contributed by atoms with Gasteiger partial charge in [0.25, 0.3) is 0 Å². The predicted octanol–water partition coefficient (Wildman–Crippen LogP) is -0.536. The number of rotatable bonds is 14. The van der Waals surface area contributed by atoms with Crippen molar-refractivity contribution in [3.63, 3.8) is 0 Å². The van der Waals surface area contributed by atoms with Crippen molar-refractivity contribution < 1.29 is 38.3 Å². The normalized spacial score (nSPS) is 12.0. The third kappa shape index (κ3) is 11.3. The van der Waals surface area contributed by atoms with E-state index in [1.54, 1.807) is 14.2 Å². The van der Waals surface area contributed by atoms with Crippen molar-refractivity contribution in [1.29, 1.82) is 0 Å². The number of carbonyl (C=O) groups is 1. The van der Waals surface area contributed by atoms with E-state index >= 15 is 0 Å². The fourth-order valence-electron chi connectivity index (χ4n) is 1.18. The van der Waals surface area contributed by atoms with Gasteiger partial charge < -0.3 is 33.5 Å². The van der Waals surface area contributed by atoms with Crippen LogP contribution in [0.2, 0.25) is 0 Å². The zero-order valence-electron chi connectivity index (χ0n) is 13.4. The van der Waals surface area contributed by atoms with E-state index in [9.17, 15) is 9.90 Å². The lowest BCUT2D eigenvalue weighted by molar-refractivity contribution is -0.359. The van der Waals surface area contributed by atoms with Gasteiger partial charge in [-0.05, 0) is 6.92 Å². The molecule has 0 amide bonds. The van der Waals surface area contributed by atoms with Crippen LogP contribution in [0.4, 0.5) is 0 Å². The molecule has 0 heterocycles. The minimum atomic E-state index is -0.722. The number of hydrogen-bond acceptors (Lipinski definition) is 8. The van der Waals surface area contributed by atoms with E-state index in [-0.39, 0.29) is 32.0 Å². The van der Waals surface area contributed by atoms with Gasteiger partial charge in [0.15, 0.2) is 0 Å². The first-order chi connectivity index (χ1) is 10.6. The highest BCUT2D eigenvalue weighted by atomic mass is 16.6. The zero-order valence-corrected chi connectivity index (χ0v) is 13.4. The lowest BCUT2D eigenvalue weighted by Gasteiger charge is -2.18. The second-order valence-electron chi connectivity index (χ2n) is 4.11. The van der Waals surface area contributed by atoms with Crippen LogP contribution < -0.4 is 5.11 Å². The molecule has 0 radical (unpaired) electrons. The van der Waals surface area contributed by atoms with E-state index < -0.39 is 11.9 Å². The molecule has 0 rings (SSSR count). The molecule has 0 saturated heterocycles. The molecule has 0 atom stereocenters. The minimum Gasteiger partial charge on any atom is -0.611 e. The Kier molecular flexibility index (Phi) is 13.7. The molecule has 0 aromatic heterocycles. The Bertz CT molecular complexity index is 316. The Hall–Kier alpha value is -1.35. The van der Waals surface area contributed by atoms with E-state index in [4.69, 9.17) is 28.4 Å². The van der Waals surface area contributed by atoms with Crippen LogP contribution in [0.25, 0.3) is 0 Å². The molecule has 0 aromatic rings. The Balaban J connectivity index is 3.78. The quantitative estimate of drug-likeness (QED) is 0.182. The van der Waals surface area contributed by atoms with Gasteiger partial charge in [-0.15, -0.1) is 0 Å².